The second kappa shape index (κ2) is 10.1. The Bertz CT molecular complexity index is 500. The summed E-state index contributed by atoms with van der Waals surface area (Å²) in [5, 5.41) is 6.39. The maximum absolute atomic E-state index is 12.5. The lowest BCUT2D eigenvalue weighted by Gasteiger charge is -2.30. The van der Waals surface area contributed by atoms with Crippen molar-refractivity contribution >= 4 is 11.8 Å². The molecule has 0 unspecified atom stereocenters. The Hall–Kier alpha value is -1.32. The Morgan fingerprint density at radius 1 is 0.846 bits per heavy atom. The van der Waals surface area contributed by atoms with Crippen LogP contribution in [0.5, 0.6) is 0 Å². The second-order valence-electron chi connectivity index (χ2n) is 8.54. The average Bonchev–Trinajstić information content (AvgIpc) is 2.69. The minimum absolute atomic E-state index is 0.106. The molecule has 146 valence electrons. The van der Waals surface area contributed by atoms with Gasteiger partial charge in [0.05, 0.1) is 0 Å². The van der Waals surface area contributed by atoms with Gasteiger partial charge in [0.15, 0.2) is 0 Å². The average molecular weight is 361 g/mol. The lowest BCUT2D eigenvalue weighted by atomic mass is 9.80. The van der Waals surface area contributed by atoms with Crippen molar-refractivity contribution in [2.24, 2.45) is 11.8 Å². The monoisotopic (exact) mass is 360 g/mol. The molecule has 26 heavy (non-hydrogen) atoms. The lowest BCUT2D eigenvalue weighted by Crippen LogP contribution is -2.42. The summed E-state index contributed by atoms with van der Waals surface area (Å²) < 4.78 is 0. The van der Waals surface area contributed by atoms with Crippen LogP contribution >= 0.6 is 0 Å². The van der Waals surface area contributed by atoms with Crippen molar-refractivity contribution in [3.63, 3.8) is 0 Å². The van der Waals surface area contributed by atoms with E-state index in [2.05, 4.69) is 16.7 Å². The van der Waals surface area contributed by atoms with E-state index in [4.69, 9.17) is 0 Å². The summed E-state index contributed by atoms with van der Waals surface area (Å²) in [7, 11) is 0. The van der Waals surface area contributed by atoms with Crippen molar-refractivity contribution in [3.8, 4) is 0 Å². The number of hydrogen-bond acceptors (Lipinski definition) is 2. The van der Waals surface area contributed by atoms with Gasteiger partial charge in [0.25, 0.3) is 0 Å². The van der Waals surface area contributed by atoms with Crippen LogP contribution in [0.4, 0.5) is 0 Å². The fourth-order valence-corrected chi connectivity index (χ4v) is 4.81. The number of allylic oxidation sites excluding steroid dienone is 1. The second-order valence-corrected chi connectivity index (χ2v) is 8.54. The summed E-state index contributed by atoms with van der Waals surface area (Å²) in [4.78, 5) is 24.9. The van der Waals surface area contributed by atoms with Crippen LogP contribution in [0.25, 0.3) is 0 Å². The Kier molecular flexibility index (Phi) is 7.57. The normalized spacial score (nSPS) is 27.5. The topological polar surface area (TPSA) is 58.2 Å². The van der Waals surface area contributed by atoms with E-state index in [-0.39, 0.29) is 23.7 Å². The lowest BCUT2D eigenvalue weighted by molar-refractivity contribution is -0.131. The molecule has 3 aliphatic carbocycles. The molecule has 4 nitrogen and oxygen atoms in total. The first-order chi connectivity index (χ1) is 12.7. The number of amides is 2. The highest BCUT2D eigenvalue weighted by atomic mass is 16.2. The third kappa shape index (κ3) is 5.85. The van der Waals surface area contributed by atoms with Gasteiger partial charge in [-0.25, -0.2) is 0 Å². The molecule has 0 saturated heterocycles. The fraction of sp³-hybridized carbons (Fsp3) is 0.818. The summed E-state index contributed by atoms with van der Waals surface area (Å²) in [6.45, 7) is 0.771. The molecule has 0 aromatic rings. The van der Waals surface area contributed by atoms with Crippen molar-refractivity contribution in [2.75, 3.05) is 6.54 Å². The molecule has 2 fully saturated rings. The van der Waals surface area contributed by atoms with Crippen LogP contribution in [-0.2, 0) is 9.59 Å². The van der Waals surface area contributed by atoms with Gasteiger partial charge in [0.2, 0.25) is 11.8 Å². The zero-order chi connectivity index (χ0) is 18.2. The van der Waals surface area contributed by atoms with Crippen molar-refractivity contribution in [1.82, 2.24) is 10.6 Å². The largest absolute Gasteiger partial charge is 0.356 e. The number of carbonyl (C=O) groups is 2. The van der Waals surface area contributed by atoms with Crippen LogP contribution in [0.1, 0.15) is 89.9 Å². The number of nitrogens with one attached hydrogen (secondary N) is 2. The number of rotatable bonds is 6. The Morgan fingerprint density at radius 3 is 2.19 bits per heavy atom. The van der Waals surface area contributed by atoms with Gasteiger partial charge in [-0.15, -0.1) is 0 Å². The van der Waals surface area contributed by atoms with Gasteiger partial charge in [-0.3, -0.25) is 9.59 Å². The third-order valence-electron chi connectivity index (χ3n) is 6.55. The van der Waals surface area contributed by atoms with Gasteiger partial charge in [0.1, 0.15) is 0 Å². The van der Waals surface area contributed by atoms with Gasteiger partial charge in [0, 0.05) is 24.4 Å². The molecule has 0 aromatic carbocycles. The van der Waals surface area contributed by atoms with E-state index in [1.54, 1.807) is 0 Å². The highest BCUT2D eigenvalue weighted by Crippen LogP contribution is 2.30. The van der Waals surface area contributed by atoms with Crippen LogP contribution < -0.4 is 10.6 Å². The highest BCUT2D eigenvalue weighted by Gasteiger charge is 2.30. The summed E-state index contributed by atoms with van der Waals surface area (Å²) >= 11 is 0. The quantitative estimate of drug-likeness (QED) is 0.696. The van der Waals surface area contributed by atoms with Gasteiger partial charge >= 0.3 is 0 Å². The molecule has 3 rings (SSSR count). The summed E-state index contributed by atoms with van der Waals surface area (Å²) in [5.41, 5.74) is 1.51. The zero-order valence-corrected chi connectivity index (χ0v) is 16.2. The van der Waals surface area contributed by atoms with Gasteiger partial charge in [-0.05, 0) is 70.6 Å². The highest BCUT2D eigenvalue weighted by molar-refractivity contribution is 5.81. The Morgan fingerprint density at radius 2 is 1.54 bits per heavy atom. The SMILES string of the molecule is O=C(NCCC1=CCCCC1)C1CCC(C(=O)NC2CCCCC2)CC1. The first kappa shape index (κ1) is 19.4. The fourth-order valence-electron chi connectivity index (χ4n) is 4.81. The van der Waals surface area contributed by atoms with Gasteiger partial charge in [-0.2, -0.15) is 0 Å². The molecule has 0 heterocycles. The molecule has 2 N–H and O–H groups in total. The number of hydrogen-bond donors (Lipinski definition) is 2. The van der Waals surface area contributed by atoms with E-state index in [0.717, 1.165) is 51.5 Å². The standard InChI is InChI=1S/C22H36N2O2/c25-21(23-16-15-17-7-3-1-4-8-17)18-11-13-19(14-12-18)22(26)24-20-9-5-2-6-10-20/h7,18-20H,1-6,8-16H2,(H,23,25)(H,24,26). The van der Waals surface area contributed by atoms with E-state index < -0.39 is 0 Å². The van der Waals surface area contributed by atoms with Gasteiger partial charge in [-0.1, -0.05) is 30.9 Å². The van der Waals surface area contributed by atoms with E-state index in [0.29, 0.717) is 6.04 Å². The first-order valence-electron chi connectivity index (χ1n) is 11.0. The molecular weight excluding hydrogens is 324 g/mol. The predicted molar refractivity (Wildman–Crippen MR) is 105 cm³/mol. The van der Waals surface area contributed by atoms with Crippen molar-refractivity contribution < 1.29 is 9.59 Å². The molecule has 2 saturated carbocycles. The molecule has 0 spiro atoms. The maximum atomic E-state index is 12.5. The summed E-state index contributed by atoms with van der Waals surface area (Å²) in [6.07, 6.45) is 17.9. The Labute approximate surface area is 158 Å². The molecular formula is C22H36N2O2. The van der Waals surface area contributed by atoms with E-state index >= 15 is 0 Å². The van der Waals surface area contributed by atoms with Gasteiger partial charge < -0.3 is 10.6 Å². The van der Waals surface area contributed by atoms with Crippen LogP contribution in [0.15, 0.2) is 11.6 Å². The van der Waals surface area contributed by atoms with E-state index in [9.17, 15) is 9.59 Å². The van der Waals surface area contributed by atoms with Crippen molar-refractivity contribution in [2.45, 2.75) is 95.9 Å². The molecule has 4 heteroatoms. The van der Waals surface area contributed by atoms with E-state index in [1.807, 2.05) is 0 Å². The third-order valence-corrected chi connectivity index (χ3v) is 6.55. The number of carbonyl (C=O) groups excluding carboxylic acids is 2. The van der Waals surface area contributed by atoms with Crippen LogP contribution in [0, 0.1) is 11.8 Å². The molecule has 0 bridgehead atoms. The minimum Gasteiger partial charge on any atom is -0.356 e. The van der Waals surface area contributed by atoms with Crippen molar-refractivity contribution in [3.05, 3.63) is 11.6 Å². The van der Waals surface area contributed by atoms with Crippen LogP contribution in [-0.4, -0.2) is 24.4 Å². The molecule has 0 radical (unpaired) electrons. The van der Waals surface area contributed by atoms with E-state index in [1.165, 1.54) is 50.5 Å². The first-order valence-corrected chi connectivity index (χ1v) is 11.0. The van der Waals surface area contributed by atoms with Crippen LogP contribution in [0.2, 0.25) is 0 Å². The van der Waals surface area contributed by atoms with Crippen LogP contribution in [0.3, 0.4) is 0 Å². The summed E-state index contributed by atoms with van der Waals surface area (Å²) in [6, 6.07) is 0.395. The summed E-state index contributed by atoms with van der Waals surface area (Å²) in [5.74, 6) is 0.662. The zero-order valence-electron chi connectivity index (χ0n) is 16.2. The maximum Gasteiger partial charge on any atom is 0.223 e. The molecule has 0 aliphatic heterocycles. The minimum atomic E-state index is 0.106. The molecule has 3 aliphatic rings. The Balaban J connectivity index is 1.32. The predicted octanol–water partition coefficient (Wildman–Crippen LogP) is 4.25. The molecule has 2 amide bonds. The molecule has 0 atom stereocenters. The van der Waals surface area contributed by atoms with Crippen molar-refractivity contribution in [1.29, 1.82) is 0 Å². The smallest absolute Gasteiger partial charge is 0.223 e. The molecule has 0 aromatic heterocycles.